The molecular weight excluding hydrogens is 432 g/mol. The molecule has 0 unspecified atom stereocenters. The van der Waals surface area contributed by atoms with Gasteiger partial charge in [0.05, 0.1) is 17.1 Å². The molecule has 2 heterocycles. The molecule has 1 fully saturated rings. The van der Waals surface area contributed by atoms with E-state index in [1.165, 1.54) is 0 Å². The van der Waals surface area contributed by atoms with Crippen LogP contribution in [-0.4, -0.2) is 56.3 Å². The quantitative estimate of drug-likeness (QED) is 0.504. The van der Waals surface area contributed by atoms with Crippen LogP contribution < -0.4 is 16.0 Å². The first-order chi connectivity index (χ1) is 15.5. The van der Waals surface area contributed by atoms with E-state index in [1.807, 2.05) is 30.1 Å². The topological polar surface area (TPSA) is 51.7 Å². The first kappa shape index (κ1) is 24.3. The molecule has 0 saturated carbocycles. The Hall–Kier alpha value is -2.38. The van der Waals surface area contributed by atoms with Gasteiger partial charge >= 0.3 is 0 Å². The summed E-state index contributed by atoms with van der Waals surface area (Å²) in [5, 5.41) is 10.2. The molecule has 0 radical (unpaired) electrons. The third-order valence-corrected chi connectivity index (χ3v) is 5.83. The summed E-state index contributed by atoms with van der Waals surface area (Å²) in [6.07, 6.45) is 10.9. The molecule has 0 spiro atoms. The number of nitrogens with zero attached hydrogens (tertiary/aromatic N) is 2. The van der Waals surface area contributed by atoms with E-state index < -0.39 is 6.43 Å². The molecule has 0 atom stereocenters. The van der Waals surface area contributed by atoms with Gasteiger partial charge in [0.1, 0.15) is 0 Å². The van der Waals surface area contributed by atoms with Crippen molar-refractivity contribution >= 4 is 17.3 Å². The normalized spacial score (nSPS) is 22.4. The van der Waals surface area contributed by atoms with E-state index in [4.69, 9.17) is 11.6 Å². The monoisotopic (exact) mass is 463 g/mol. The molecule has 3 N–H and O–H groups in total. The van der Waals surface area contributed by atoms with Crippen molar-refractivity contribution in [3.8, 4) is 0 Å². The highest BCUT2D eigenvalue weighted by Gasteiger charge is 2.28. The average Bonchev–Trinajstić information content (AvgIpc) is 2.81. The number of unbranched alkanes of at least 4 members (excludes halogenated alkanes) is 1. The van der Waals surface area contributed by atoms with Crippen LogP contribution in [0.1, 0.15) is 26.7 Å². The zero-order valence-corrected chi connectivity index (χ0v) is 19.5. The van der Waals surface area contributed by atoms with Crippen molar-refractivity contribution in [3.05, 3.63) is 69.8 Å². The summed E-state index contributed by atoms with van der Waals surface area (Å²) in [6, 6.07) is 0. The first-order valence-corrected chi connectivity index (χ1v) is 11.5. The van der Waals surface area contributed by atoms with E-state index in [-0.39, 0.29) is 12.1 Å². The van der Waals surface area contributed by atoms with Gasteiger partial charge in [0.2, 0.25) is 0 Å². The summed E-state index contributed by atoms with van der Waals surface area (Å²) in [4.78, 5) is 6.59. The molecule has 5 nitrogen and oxygen atoms in total. The molecule has 3 rings (SSSR count). The minimum absolute atomic E-state index is 0.122. The third-order valence-electron chi connectivity index (χ3n) is 5.48. The first-order valence-electron chi connectivity index (χ1n) is 11.2. The lowest BCUT2D eigenvalue weighted by molar-refractivity contribution is 0.177. The van der Waals surface area contributed by atoms with E-state index in [1.54, 1.807) is 12.4 Å². The molecule has 0 aromatic heterocycles. The molecular formula is C24H32ClF2N5. The number of halogens is 3. The van der Waals surface area contributed by atoms with Crippen LogP contribution in [-0.2, 0) is 0 Å². The van der Waals surface area contributed by atoms with Gasteiger partial charge in [-0.25, -0.2) is 8.78 Å². The van der Waals surface area contributed by atoms with Gasteiger partial charge in [0, 0.05) is 62.3 Å². The highest BCUT2D eigenvalue weighted by Crippen LogP contribution is 2.28. The van der Waals surface area contributed by atoms with Crippen LogP contribution in [0.3, 0.4) is 0 Å². The predicted molar refractivity (Wildman–Crippen MR) is 129 cm³/mol. The van der Waals surface area contributed by atoms with Crippen LogP contribution in [0.2, 0.25) is 0 Å². The van der Waals surface area contributed by atoms with Gasteiger partial charge in [-0.2, -0.15) is 0 Å². The third kappa shape index (κ3) is 6.11. The minimum Gasteiger partial charge on any atom is -0.385 e. The fourth-order valence-electron chi connectivity index (χ4n) is 3.84. The van der Waals surface area contributed by atoms with E-state index in [0.717, 1.165) is 42.8 Å². The Labute approximate surface area is 194 Å². The van der Waals surface area contributed by atoms with Crippen LogP contribution in [0.15, 0.2) is 74.8 Å². The zero-order chi connectivity index (χ0) is 22.9. The lowest BCUT2D eigenvalue weighted by Crippen LogP contribution is -2.46. The summed E-state index contributed by atoms with van der Waals surface area (Å²) < 4.78 is 27.6. The molecule has 0 aromatic carbocycles. The Morgan fingerprint density at radius 2 is 2.06 bits per heavy atom. The van der Waals surface area contributed by atoms with Crippen molar-refractivity contribution in [2.45, 2.75) is 33.1 Å². The number of piperazine rings is 1. The van der Waals surface area contributed by atoms with Gasteiger partial charge in [0.15, 0.2) is 0 Å². The molecule has 174 valence electrons. The number of aliphatic imine (C=N–C) groups is 1. The van der Waals surface area contributed by atoms with Crippen molar-refractivity contribution in [2.24, 2.45) is 4.99 Å². The molecule has 1 saturated heterocycles. The van der Waals surface area contributed by atoms with Crippen LogP contribution in [0.4, 0.5) is 8.78 Å². The van der Waals surface area contributed by atoms with Gasteiger partial charge in [-0.1, -0.05) is 37.1 Å². The predicted octanol–water partition coefficient (Wildman–Crippen LogP) is 4.21. The Kier molecular flexibility index (Phi) is 9.11. The second kappa shape index (κ2) is 12.0. The second-order valence-electron chi connectivity index (χ2n) is 7.81. The smallest absolute Gasteiger partial charge is 0.263 e. The number of nitrogens with one attached hydrogen (secondary N) is 3. The van der Waals surface area contributed by atoms with E-state index in [9.17, 15) is 8.78 Å². The minimum atomic E-state index is -2.51. The summed E-state index contributed by atoms with van der Waals surface area (Å²) in [5.41, 5.74) is 4.10. The maximum Gasteiger partial charge on any atom is 0.263 e. The van der Waals surface area contributed by atoms with Crippen molar-refractivity contribution in [2.75, 3.05) is 39.3 Å². The Morgan fingerprint density at radius 1 is 1.28 bits per heavy atom. The van der Waals surface area contributed by atoms with Gasteiger partial charge < -0.3 is 20.9 Å². The Balaban J connectivity index is 1.82. The molecule has 2 aliphatic heterocycles. The maximum atomic E-state index is 13.8. The van der Waals surface area contributed by atoms with Gasteiger partial charge in [-0.3, -0.25) is 4.99 Å². The highest BCUT2D eigenvalue weighted by molar-refractivity contribution is 6.34. The largest absolute Gasteiger partial charge is 0.385 e. The number of rotatable bonds is 8. The summed E-state index contributed by atoms with van der Waals surface area (Å²) in [5.74, 6) is 0. The summed E-state index contributed by atoms with van der Waals surface area (Å²) in [7, 11) is 0. The van der Waals surface area contributed by atoms with Crippen LogP contribution in [0, 0.1) is 0 Å². The van der Waals surface area contributed by atoms with Crippen LogP contribution >= 0.6 is 11.6 Å². The van der Waals surface area contributed by atoms with Crippen LogP contribution in [0.25, 0.3) is 0 Å². The lowest BCUT2D eigenvalue weighted by atomic mass is 9.98. The fraction of sp³-hybridized carbons (Fsp3) is 0.458. The Bertz CT molecular complexity index is 890. The standard InChI is InChI=1S/C24H32ClF2N5/c1-3-5-6-17-12-20(25)18(13-21(17)30-7-4-2)14-31-22-16-29-15-19(24(26)27)23(22)32-10-8-28-9-11-32/h4,6-7,12-13,16,24,28-29,31H,3,5,8-11,14-15H2,1-2H3/b7-4-,17-6+,30-21-. The molecule has 32 heavy (non-hydrogen) atoms. The average molecular weight is 464 g/mol. The molecule has 0 amide bonds. The van der Waals surface area contributed by atoms with Crippen molar-refractivity contribution in [1.29, 1.82) is 0 Å². The van der Waals surface area contributed by atoms with E-state index >= 15 is 0 Å². The van der Waals surface area contributed by atoms with Crippen molar-refractivity contribution in [1.82, 2.24) is 20.9 Å². The molecule has 8 heteroatoms. The SMILES string of the molecule is C\C=C/N=C1/C=C(CNC2=CNCC(C(F)F)=C2N2CCNCC2)C(Cl)=C/C1=C\CCC. The van der Waals surface area contributed by atoms with E-state index in [2.05, 4.69) is 33.9 Å². The summed E-state index contributed by atoms with van der Waals surface area (Å²) in [6.45, 7) is 7.55. The fourth-order valence-corrected chi connectivity index (χ4v) is 4.08. The van der Waals surface area contributed by atoms with Crippen molar-refractivity contribution < 1.29 is 8.78 Å². The maximum absolute atomic E-state index is 13.8. The summed E-state index contributed by atoms with van der Waals surface area (Å²) >= 11 is 6.59. The number of allylic oxidation sites excluding steroid dienone is 5. The van der Waals surface area contributed by atoms with E-state index in [0.29, 0.717) is 36.1 Å². The molecule has 0 aromatic rings. The van der Waals surface area contributed by atoms with Gasteiger partial charge in [-0.05, 0) is 36.6 Å². The molecule has 0 bridgehead atoms. The van der Waals surface area contributed by atoms with Gasteiger partial charge in [-0.15, -0.1) is 0 Å². The van der Waals surface area contributed by atoms with Gasteiger partial charge in [0.25, 0.3) is 6.43 Å². The second-order valence-corrected chi connectivity index (χ2v) is 8.22. The lowest BCUT2D eigenvalue weighted by Gasteiger charge is -2.36. The number of hydrogen-bond donors (Lipinski definition) is 3. The Morgan fingerprint density at radius 3 is 2.75 bits per heavy atom. The molecule has 3 aliphatic rings. The van der Waals surface area contributed by atoms with Crippen molar-refractivity contribution in [3.63, 3.8) is 0 Å². The van der Waals surface area contributed by atoms with Crippen LogP contribution in [0.5, 0.6) is 0 Å². The number of alkyl halides is 2. The molecule has 1 aliphatic carbocycles. The highest BCUT2D eigenvalue weighted by atomic mass is 35.5. The number of hydrogen-bond acceptors (Lipinski definition) is 5. The zero-order valence-electron chi connectivity index (χ0n) is 18.7. The number of dihydropyridines is 1.